The van der Waals surface area contributed by atoms with Gasteiger partial charge in [-0.3, -0.25) is 5.32 Å². The molecule has 1 aliphatic carbocycles. The highest BCUT2D eigenvalue weighted by molar-refractivity contribution is 5.06. The summed E-state index contributed by atoms with van der Waals surface area (Å²) in [6.07, 6.45) is 11.7. The van der Waals surface area contributed by atoms with Gasteiger partial charge in [-0.15, -0.1) is 0 Å². The normalized spacial score (nSPS) is 28.8. The molecular formula is C15H23NO2. The number of furan rings is 1. The predicted octanol–water partition coefficient (Wildman–Crippen LogP) is 3.77. The standard InChI is InChI=1S/C15H23NO2/c1-2-4-9-15(10-5-3-1)16-13(8-12-18-15)14-7-6-11-17-14/h6-7,11,13,16H,1-5,8-10,12H2. The van der Waals surface area contributed by atoms with E-state index in [1.807, 2.05) is 6.07 Å². The lowest BCUT2D eigenvalue weighted by Crippen LogP contribution is -2.53. The van der Waals surface area contributed by atoms with Crippen LogP contribution in [-0.4, -0.2) is 12.3 Å². The van der Waals surface area contributed by atoms with E-state index in [0.717, 1.165) is 31.6 Å². The zero-order valence-electron chi connectivity index (χ0n) is 11.0. The maximum atomic E-state index is 6.12. The van der Waals surface area contributed by atoms with Gasteiger partial charge in [0.05, 0.1) is 18.9 Å². The van der Waals surface area contributed by atoms with Crippen LogP contribution in [0, 0.1) is 0 Å². The molecule has 1 spiro atoms. The maximum Gasteiger partial charge on any atom is 0.120 e. The first-order valence-corrected chi connectivity index (χ1v) is 7.33. The molecule has 3 heteroatoms. The first-order chi connectivity index (χ1) is 8.88. The Hall–Kier alpha value is -0.800. The first-order valence-electron chi connectivity index (χ1n) is 7.33. The zero-order chi connectivity index (χ0) is 12.3. The lowest BCUT2D eigenvalue weighted by atomic mass is 9.91. The molecule has 1 aliphatic heterocycles. The molecule has 3 nitrogen and oxygen atoms in total. The van der Waals surface area contributed by atoms with Crippen molar-refractivity contribution in [1.29, 1.82) is 0 Å². The monoisotopic (exact) mass is 249 g/mol. The van der Waals surface area contributed by atoms with Gasteiger partial charge in [-0.1, -0.05) is 19.3 Å². The van der Waals surface area contributed by atoms with Gasteiger partial charge in [-0.25, -0.2) is 0 Å². The van der Waals surface area contributed by atoms with Gasteiger partial charge in [0.25, 0.3) is 0 Å². The second-order valence-corrected chi connectivity index (χ2v) is 5.61. The van der Waals surface area contributed by atoms with E-state index in [-0.39, 0.29) is 5.72 Å². The quantitative estimate of drug-likeness (QED) is 0.822. The summed E-state index contributed by atoms with van der Waals surface area (Å²) >= 11 is 0. The summed E-state index contributed by atoms with van der Waals surface area (Å²) in [4.78, 5) is 0. The van der Waals surface area contributed by atoms with Gasteiger partial charge in [0, 0.05) is 0 Å². The van der Waals surface area contributed by atoms with E-state index < -0.39 is 0 Å². The van der Waals surface area contributed by atoms with Crippen LogP contribution in [0.2, 0.25) is 0 Å². The third-order valence-corrected chi connectivity index (χ3v) is 4.27. The van der Waals surface area contributed by atoms with Crippen molar-refractivity contribution < 1.29 is 9.15 Å². The summed E-state index contributed by atoms with van der Waals surface area (Å²) in [6.45, 7) is 0.846. The molecule has 1 atom stereocenters. The SMILES string of the molecule is c1coc(C2CCOC3(CCCCCCC3)N2)c1. The molecule has 0 radical (unpaired) electrons. The van der Waals surface area contributed by atoms with Gasteiger partial charge >= 0.3 is 0 Å². The third-order valence-electron chi connectivity index (χ3n) is 4.27. The molecule has 2 aliphatic rings. The maximum absolute atomic E-state index is 6.12. The Balaban J connectivity index is 1.71. The molecule has 1 aromatic heterocycles. The molecular weight excluding hydrogens is 226 g/mol. The molecule has 1 saturated carbocycles. The average Bonchev–Trinajstić information content (AvgIpc) is 2.89. The molecule has 1 aromatic rings. The second kappa shape index (κ2) is 5.45. The van der Waals surface area contributed by atoms with Crippen molar-refractivity contribution >= 4 is 0 Å². The van der Waals surface area contributed by atoms with Crippen LogP contribution in [0.15, 0.2) is 22.8 Å². The van der Waals surface area contributed by atoms with Crippen LogP contribution in [0.1, 0.15) is 63.2 Å². The summed E-state index contributed by atoms with van der Waals surface area (Å²) in [5, 5.41) is 3.72. The van der Waals surface area contributed by atoms with Crippen LogP contribution < -0.4 is 5.32 Å². The lowest BCUT2D eigenvalue weighted by molar-refractivity contribution is -0.127. The fourth-order valence-electron chi connectivity index (χ4n) is 3.27. The predicted molar refractivity (Wildman–Crippen MR) is 70.2 cm³/mol. The van der Waals surface area contributed by atoms with Crippen molar-refractivity contribution in [1.82, 2.24) is 5.32 Å². The van der Waals surface area contributed by atoms with Gasteiger partial charge < -0.3 is 9.15 Å². The minimum atomic E-state index is -0.0872. The summed E-state index contributed by atoms with van der Waals surface area (Å²) < 4.78 is 11.7. The van der Waals surface area contributed by atoms with Crippen molar-refractivity contribution in [2.45, 2.75) is 63.1 Å². The van der Waals surface area contributed by atoms with E-state index in [2.05, 4.69) is 11.4 Å². The molecule has 0 bridgehead atoms. The molecule has 3 rings (SSSR count). The van der Waals surface area contributed by atoms with Crippen molar-refractivity contribution in [3.8, 4) is 0 Å². The lowest BCUT2D eigenvalue weighted by Gasteiger charge is -2.43. The van der Waals surface area contributed by atoms with E-state index >= 15 is 0 Å². The minimum absolute atomic E-state index is 0.0872. The Morgan fingerprint density at radius 2 is 1.89 bits per heavy atom. The van der Waals surface area contributed by atoms with Crippen molar-refractivity contribution in [3.63, 3.8) is 0 Å². The van der Waals surface area contributed by atoms with Crippen LogP contribution in [-0.2, 0) is 4.74 Å². The molecule has 2 fully saturated rings. The Kier molecular flexibility index (Phi) is 3.71. The molecule has 100 valence electrons. The number of hydrogen-bond donors (Lipinski definition) is 1. The zero-order valence-corrected chi connectivity index (χ0v) is 11.0. The minimum Gasteiger partial charge on any atom is -0.468 e. The molecule has 1 unspecified atom stereocenters. The molecule has 1 saturated heterocycles. The number of rotatable bonds is 1. The van der Waals surface area contributed by atoms with E-state index in [0.29, 0.717) is 6.04 Å². The molecule has 1 N–H and O–H groups in total. The highest BCUT2D eigenvalue weighted by Gasteiger charge is 2.37. The summed E-state index contributed by atoms with van der Waals surface area (Å²) in [6, 6.07) is 4.37. The fourth-order valence-corrected chi connectivity index (χ4v) is 3.27. The van der Waals surface area contributed by atoms with Crippen molar-refractivity contribution in [3.05, 3.63) is 24.2 Å². The third kappa shape index (κ3) is 2.62. The van der Waals surface area contributed by atoms with Crippen LogP contribution in [0.25, 0.3) is 0 Å². The highest BCUT2D eigenvalue weighted by Crippen LogP contribution is 2.34. The first kappa shape index (κ1) is 12.2. The van der Waals surface area contributed by atoms with Crippen molar-refractivity contribution in [2.75, 3.05) is 6.61 Å². The summed E-state index contributed by atoms with van der Waals surface area (Å²) in [5.41, 5.74) is -0.0872. The number of nitrogens with one attached hydrogen (secondary N) is 1. The van der Waals surface area contributed by atoms with Gasteiger partial charge in [0.2, 0.25) is 0 Å². The van der Waals surface area contributed by atoms with Crippen LogP contribution >= 0.6 is 0 Å². The summed E-state index contributed by atoms with van der Waals surface area (Å²) in [5.74, 6) is 1.06. The second-order valence-electron chi connectivity index (χ2n) is 5.61. The van der Waals surface area contributed by atoms with Crippen LogP contribution in [0.3, 0.4) is 0 Å². The van der Waals surface area contributed by atoms with E-state index in [1.54, 1.807) is 6.26 Å². The molecule has 2 heterocycles. The topological polar surface area (TPSA) is 34.4 Å². The largest absolute Gasteiger partial charge is 0.468 e. The Bertz CT molecular complexity index is 353. The van der Waals surface area contributed by atoms with Gasteiger partial charge in [0.1, 0.15) is 11.5 Å². The van der Waals surface area contributed by atoms with E-state index in [1.165, 1.54) is 32.1 Å². The molecule has 0 aromatic carbocycles. The van der Waals surface area contributed by atoms with Gasteiger partial charge in [-0.05, 0) is 44.2 Å². The van der Waals surface area contributed by atoms with E-state index in [4.69, 9.17) is 9.15 Å². The van der Waals surface area contributed by atoms with E-state index in [9.17, 15) is 0 Å². The number of hydrogen-bond acceptors (Lipinski definition) is 3. The molecule has 0 amide bonds. The fraction of sp³-hybridized carbons (Fsp3) is 0.733. The average molecular weight is 249 g/mol. The Labute approximate surface area is 109 Å². The smallest absolute Gasteiger partial charge is 0.120 e. The van der Waals surface area contributed by atoms with Crippen LogP contribution in [0.5, 0.6) is 0 Å². The van der Waals surface area contributed by atoms with Gasteiger partial charge in [-0.2, -0.15) is 0 Å². The Morgan fingerprint density at radius 3 is 2.61 bits per heavy atom. The number of ether oxygens (including phenoxy) is 1. The van der Waals surface area contributed by atoms with Crippen molar-refractivity contribution in [2.24, 2.45) is 0 Å². The van der Waals surface area contributed by atoms with Crippen LogP contribution in [0.4, 0.5) is 0 Å². The summed E-state index contributed by atoms with van der Waals surface area (Å²) in [7, 11) is 0. The highest BCUT2D eigenvalue weighted by atomic mass is 16.5. The Morgan fingerprint density at radius 1 is 1.11 bits per heavy atom. The molecule has 18 heavy (non-hydrogen) atoms. The van der Waals surface area contributed by atoms with Gasteiger partial charge in [0.15, 0.2) is 0 Å².